The molecule has 150 valence electrons. The van der Waals surface area contributed by atoms with Gasteiger partial charge in [0.15, 0.2) is 4.90 Å². The minimum atomic E-state index is -4.51. The second-order valence-electron chi connectivity index (χ2n) is 5.97. The number of piperazine rings is 1. The van der Waals surface area contributed by atoms with Crippen LogP contribution in [0.15, 0.2) is 58.3 Å². The molecule has 1 heterocycles. The summed E-state index contributed by atoms with van der Waals surface area (Å²) < 4.78 is 66.9. The summed E-state index contributed by atoms with van der Waals surface area (Å²) in [6.07, 6.45) is 0. The molecule has 0 unspecified atom stereocenters. The molecule has 0 aromatic heterocycles. The molecule has 1 aliphatic heterocycles. The molecule has 1 saturated heterocycles. The zero-order valence-corrected chi connectivity index (χ0v) is 16.1. The van der Waals surface area contributed by atoms with Crippen LogP contribution in [0.3, 0.4) is 0 Å². The lowest BCUT2D eigenvalue weighted by molar-refractivity contribution is -0.388. The van der Waals surface area contributed by atoms with Crippen LogP contribution in [0.2, 0.25) is 0 Å². The highest BCUT2D eigenvalue weighted by molar-refractivity contribution is 7.89. The topological polar surface area (TPSA) is 118 Å². The molecule has 0 atom stereocenters. The van der Waals surface area contributed by atoms with Crippen molar-refractivity contribution in [2.45, 2.75) is 9.79 Å². The number of halogens is 1. The Bertz CT molecular complexity index is 1100. The van der Waals surface area contributed by atoms with Gasteiger partial charge < -0.3 is 0 Å². The quantitative estimate of drug-likeness (QED) is 0.524. The van der Waals surface area contributed by atoms with E-state index in [9.17, 15) is 31.3 Å². The summed E-state index contributed by atoms with van der Waals surface area (Å²) in [5.74, 6) is -1.23. The van der Waals surface area contributed by atoms with Crippen molar-refractivity contribution in [1.82, 2.24) is 8.61 Å². The number of benzene rings is 2. The fourth-order valence-corrected chi connectivity index (χ4v) is 5.98. The molecule has 0 radical (unpaired) electrons. The van der Waals surface area contributed by atoms with Gasteiger partial charge in [-0.1, -0.05) is 24.3 Å². The zero-order chi connectivity index (χ0) is 20.5. The first-order valence-electron chi connectivity index (χ1n) is 8.14. The molecule has 2 aromatic rings. The summed E-state index contributed by atoms with van der Waals surface area (Å²) >= 11 is 0. The van der Waals surface area contributed by atoms with Crippen molar-refractivity contribution in [3.8, 4) is 0 Å². The summed E-state index contributed by atoms with van der Waals surface area (Å²) in [7, 11) is -8.30. The summed E-state index contributed by atoms with van der Waals surface area (Å²) in [5, 5.41) is 11.1. The predicted molar refractivity (Wildman–Crippen MR) is 97.0 cm³/mol. The Kier molecular flexibility index (Phi) is 5.48. The Morgan fingerprint density at radius 1 is 0.821 bits per heavy atom. The SMILES string of the molecule is O=[N+]([O-])c1cccc(F)c1S(=O)(=O)N1CCN(S(=O)(=O)c2ccccc2)CC1. The van der Waals surface area contributed by atoms with Gasteiger partial charge in [-0.2, -0.15) is 8.61 Å². The average Bonchev–Trinajstić information content (AvgIpc) is 2.68. The van der Waals surface area contributed by atoms with Crippen LogP contribution in [0.4, 0.5) is 10.1 Å². The first-order valence-corrected chi connectivity index (χ1v) is 11.0. The van der Waals surface area contributed by atoms with E-state index in [0.29, 0.717) is 0 Å². The standard InChI is InChI=1S/C16H16FN3O6S2/c17-14-7-4-8-15(20(21)22)16(14)28(25,26)19-11-9-18(10-12-19)27(23,24)13-5-2-1-3-6-13/h1-8H,9-12H2. The molecule has 0 bridgehead atoms. The molecule has 0 saturated carbocycles. The van der Waals surface area contributed by atoms with Crippen LogP contribution in [0.25, 0.3) is 0 Å². The largest absolute Gasteiger partial charge is 0.292 e. The number of nitro benzene ring substituents is 1. The molecule has 0 aliphatic carbocycles. The van der Waals surface area contributed by atoms with Crippen molar-refractivity contribution in [1.29, 1.82) is 0 Å². The summed E-state index contributed by atoms with van der Waals surface area (Å²) in [6.45, 7) is -0.808. The maximum Gasteiger partial charge on any atom is 0.292 e. The molecular formula is C16H16FN3O6S2. The van der Waals surface area contributed by atoms with Crippen LogP contribution in [-0.2, 0) is 20.0 Å². The van der Waals surface area contributed by atoms with Gasteiger partial charge in [-0.15, -0.1) is 0 Å². The third-order valence-electron chi connectivity index (χ3n) is 4.32. The molecule has 1 aliphatic rings. The molecule has 1 fully saturated rings. The molecule has 0 amide bonds. The molecule has 28 heavy (non-hydrogen) atoms. The Hall–Kier alpha value is -2.41. The van der Waals surface area contributed by atoms with Crippen LogP contribution in [0.1, 0.15) is 0 Å². The van der Waals surface area contributed by atoms with Gasteiger partial charge in [-0.25, -0.2) is 21.2 Å². The number of sulfonamides is 2. The van der Waals surface area contributed by atoms with E-state index in [1.807, 2.05) is 0 Å². The maximum atomic E-state index is 14.1. The van der Waals surface area contributed by atoms with E-state index in [4.69, 9.17) is 0 Å². The highest BCUT2D eigenvalue weighted by atomic mass is 32.2. The van der Waals surface area contributed by atoms with Crippen molar-refractivity contribution in [3.05, 3.63) is 64.5 Å². The molecule has 12 heteroatoms. The summed E-state index contributed by atoms with van der Waals surface area (Å²) in [5.41, 5.74) is -0.862. The first-order chi connectivity index (χ1) is 13.2. The molecule has 3 rings (SSSR count). The normalized spacial score (nSPS) is 16.8. The number of hydrogen-bond acceptors (Lipinski definition) is 6. The van der Waals surface area contributed by atoms with E-state index in [1.165, 1.54) is 12.1 Å². The zero-order valence-electron chi connectivity index (χ0n) is 14.4. The number of nitro groups is 1. The van der Waals surface area contributed by atoms with Gasteiger partial charge >= 0.3 is 0 Å². The Morgan fingerprint density at radius 2 is 1.36 bits per heavy atom. The van der Waals surface area contributed by atoms with Gasteiger partial charge in [0, 0.05) is 32.2 Å². The van der Waals surface area contributed by atoms with Gasteiger partial charge in [0.25, 0.3) is 15.7 Å². The second kappa shape index (κ2) is 7.54. The van der Waals surface area contributed by atoms with E-state index < -0.39 is 41.4 Å². The molecule has 2 aromatic carbocycles. The van der Waals surface area contributed by atoms with Crippen molar-refractivity contribution in [3.63, 3.8) is 0 Å². The van der Waals surface area contributed by atoms with E-state index in [-0.39, 0.29) is 31.1 Å². The third kappa shape index (κ3) is 3.63. The van der Waals surface area contributed by atoms with Crippen molar-refractivity contribution >= 4 is 25.7 Å². The summed E-state index contributed by atoms with van der Waals surface area (Å²) in [6, 6.07) is 10.5. The van der Waals surface area contributed by atoms with Gasteiger partial charge in [0.05, 0.1) is 9.82 Å². The monoisotopic (exact) mass is 429 g/mol. The van der Waals surface area contributed by atoms with Crippen LogP contribution >= 0.6 is 0 Å². The Labute approximate surface area is 161 Å². The minimum absolute atomic E-state index is 0.0797. The minimum Gasteiger partial charge on any atom is -0.258 e. The van der Waals surface area contributed by atoms with E-state index >= 15 is 0 Å². The molecule has 0 spiro atoms. The first kappa shape index (κ1) is 20.3. The van der Waals surface area contributed by atoms with Crippen molar-refractivity contribution in [2.24, 2.45) is 0 Å². The van der Waals surface area contributed by atoms with Crippen molar-refractivity contribution in [2.75, 3.05) is 26.2 Å². The van der Waals surface area contributed by atoms with Crippen LogP contribution in [-0.4, -0.2) is 56.5 Å². The fraction of sp³-hybridized carbons (Fsp3) is 0.250. The number of hydrogen-bond donors (Lipinski definition) is 0. The van der Waals surface area contributed by atoms with Gasteiger partial charge in [0.1, 0.15) is 5.82 Å². The molecule has 0 N–H and O–H groups in total. The van der Waals surface area contributed by atoms with Crippen LogP contribution < -0.4 is 0 Å². The molecule has 9 nitrogen and oxygen atoms in total. The lowest BCUT2D eigenvalue weighted by atomic mass is 10.3. The van der Waals surface area contributed by atoms with Gasteiger partial charge in [-0.05, 0) is 18.2 Å². The molecular weight excluding hydrogens is 413 g/mol. The maximum absolute atomic E-state index is 14.1. The smallest absolute Gasteiger partial charge is 0.258 e. The Morgan fingerprint density at radius 3 is 1.89 bits per heavy atom. The average molecular weight is 429 g/mol. The van der Waals surface area contributed by atoms with Gasteiger partial charge in [-0.3, -0.25) is 10.1 Å². The Balaban J connectivity index is 1.85. The predicted octanol–water partition coefficient (Wildman–Crippen LogP) is 1.43. The number of nitrogens with zero attached hydrogens (tertiary/aromatic N) is 3. The third-order valence-corrected chi connectivity index (χ3v) is 8.20. The lowest BCUT2D eigenvalue weighted by Crippen LogP contribution is -2.50. The van der Waals surface area contributed by atoms with Crippen molar-refractivity contribution < 1.29 is 26.1 Å². The van der Waals surface area contributed by atoms with Gasteiger partial charge in [0.2, 0.25) is 10.0 Å². The van der Waals surface area contributed by atoms with Crippen LogP contribution in [0, 0.1) is 15.9 Å². The van der Waals surface area contributed by atoms with E-state index in [0.717, 1.165) is 26.8 Å². The highest BCUT2D eigenvalue weighted by Gasteiger charge is 2.38. The lowest BCUT2D eigenvalue weighted by Gasteiger charge is -2.33. The highest BCUT2D eigenvalue weighted by Crippen LogP contribution is 2.30. The summed E-state index contributed by atoms with van der Waals surface area (Å²) in [4.78, 5) is 9.21. The van der Waals surface area contributed by atoms with Crippen LogP contribution in [0.5, 0.6) is 0 Å². The van der Waals surface area contributed by atoms with E-state index in [2.05, 4.69) is 0 Å². The number of rotatable bonds is 5. The second-order valence-corrected chi connectivity index (χ2v) is 9.78. The van der Waals surface area contributed by atoms with E-state index in [1.54, 1.807) is 18.2 Å². The fourth-order valence-electron chi connectivity index (χ4n) is 2.92.